The molecule has 5 N–H and O–H groups in total. The Morgan fingerprint density at radius 2 is 0.912 bits per heavy atom. The standard InChI is InChI=1S/C15H19F3O6.2C12H16O4.C7H12O.C5H4O3.C3H2BrF3O/c1-9(12(20)23-8-14(21,22)15(16,17)18)5-11(19)24-10-6-13(7-10)3-2-4-13;2*1-8(11(14)15)5-10(13)16-9-6-12(7-9)3-2-4-12;8-6-4-7(5-6)2-1-3-7;1-3-2-4(6)8-5(3)7;4-1-2(8)3(5,6)7/h10,21-22H,1-8H2;2*9H,1-7H2,(H,14,15);6,8H,1-5H2;1-2H2;1H2. The summed E-state index contributed by atoms with van der Waals surface area (Å²) in [5, 5.41) is 42.9. The van der Waals surface area contributed by atoms with Gasteiger partial charge < -0.3 is 49.2 Å². The highest BCUT2D eigenvalue weighted by molar-refractivity contribution is 9.09. The maximum absolute atomic E-state index is 12.2. The molecule has 1 aliphatic heterocycles. The van der Waals surface area contributed by atoms with Crippen LogP contribution in [0.25, 0.3) is 0 Å². The fraction of sp³-hybridized carbons (Fsp3) is 0.685. The summed E-state index contributed by atoms with van der Waals surface area (Å²) in [4.78, 5) is 96.8. The molecule has 9 fully saturated rings. The van der Waals surface area contributed by atoms with E-state index in [-0.39, 0.29) is 60.4 Å². The lowest BCUT2D eigenvalue weighted by Gasteiger charge is -2.53. The molecular weight excluding hydrogens is 1150 g/mol. The molecule has 9 aliphatic rings. The minimum absolute atomic E-state index is 0.00870. The van der Waals surface area contributed by atoms with Crippen molar-refractivity contribution < 1.29 is 119 Å². The zero-order chi connectivity index (χ0) is 60.2. The van der Waals surface area contributed by atoms with Crippen molar-refractivity contribution in [3.05, 3.63) is 48.6 Å². The van der Waals surface area contributed by atoms with E-state index in [0.717, 1.165) is 64.2 Å². The number of hydrogen-bond donors (Lipinski definition) is 5. The first kappa shape index (κ1) is 67.0. The fourth-order valence-corrected chi connectivity index (χ4v) is 10.9. The number of esters is 6. The molecule has 19 nitrogen and oxygen atoms in total. The van der Waals surface area contributed by atoms with Gasteiger partial charge in [0.05, 0.1) is 37.1 Å². The number of aliphatic carboxylic acids is 2. The molecule has 0 bridgehead atoms. The molecule has 1 saturated heterocycles. The lowest BCUT2D eigenvalue weighted by molar-refractivity contribution is -0.358. The van der Waals surface area contributed by atoms with Crippen LogP contribution in [0.2, 0.25) is 0 Å². The highest BCUT2D eigenvalue weighted by atomic mass is 79.9. The monoisotopic (exact) mass is 1210 g/mol. The Balaban J connectivity index is 0.000000218. The first-order valence-corrected chi connectivity index (χ1v) is 27.1. The Labute approximate surface area is 465 Å². The first-order valence-electron chi connectivity index (χ1n) is 26.0. The number of carbonyl (C=O) groups excluding carboxylic acids is 7. The third kappa shape index (κ3) is 19.6. The van der Waals surface area contributed by atoms with Crippen LogP contribution in [0.4, 0.5) is 26.3 Å². The Kier molecular flexibility index (Phi) is 23.1. The van der Waals surface area contributed by atoms with E-state index in [1.807, 2.05) is 0 Å². The summed E-state index contributed by atoms with van der Waals surface area (Å²) in [6, 6.07) is 0. The number of aliphatic hydroxyl groups is 3. The topological polar surface area (TPSA) is 301 Å². The van der Waals surface area contributed by atoms with Crippen LogP contribution in [-0.4, -0.2) is 134 Å². The van der Waals surface area contributed by atoms with Gasteiger partial charge in [0.25, 0.3) is 5.79 Å². The Bertz CT molecular complexity index is 2280. The number of ether oxygens (including phenoxy) is 5. The lowest BCUT2D eigenvalue weighted by Crippen LogP contribution is -2.49. The van der Waals surface area contributed by atoms with Gasteiger partial charge in [0, 0.05) is 22.3 Å². The van der Waals surface area contributed by atoms with Crippen molar-refractivity contribution >= 4 is 69.5 Å². The van der Waals surface area contributed by atoms with Gasteiger partial charge in [-0.1, -0.05) is 67.9 Å². The molecule has 0 aromatic rings. The van der Waals surface area contributed by atoms with Crippen LogP contribution in [0.3, 0.4) is 0 Å². The molecule has 0 atom stereocenters. The number of hydrogen-bond acceptors (Lipinski definition) is 17. The molecule has 4 spiro atoms. The van der Waals surface area contributed by atoms with Crippen molar-refractivity contribution in [2.45, 2.75) is 197 Å². The summed E-state index contributed by atoms with van der Waals surface area (Å²) in [5.41, 5.74) is 1.52. The van der Waals surface area contributed by atoms with Gasteiger partial charge in [0.2, 0.25) is 5.78 Å². The number of ketones is 1. The average molecular weight is 1220 g/mol. The highest BCUT2D eigenvalue weighted by Gasteiger charge is 2.55. The average Bonchev–Trinajstić information content (AvgIpc) is 3.55. The summed E-state index contributed by atoms with van der Waals surface area (Å²) in [6.45, 7) is 11.4. The predicted octanol–water partition coefficient (Wildman–Crippen LogP) is 8.22. The van der Waals surface area contributed by atoms with Crippen LogP contribution in [0.5, 0.6) is 0 Å². The van der Waals surface area contributed by atoms with E-state index in [9.17, 15) is 69.5 Å². The van der Waals surface area contributed by atoms with Crippen LogP contribution in [0, 0.1) is 21.7 Å². The summed E-state index contributed by atoms with van der Waals surface area (Å²) in [5.74, 6) is -12.3. The smallest absolute Gasteiger partial charge is 0.450 e. The second-order valence-electron chi connectivity index (χ2n) is 22.5. The minimum atomic E-state index is -5.38. The summed E-state index contributed by atoms with van der Waals surface area (Å²) in [6.07, 6.45) is 11.8. The van der Waals surface area contributed by atoms with E-state index < -0.39 is 95.6 Å². The van der Waals surface area contributed by atoms with E-state index in [2.05, 4.69) is 51.7 Å². The van der Waals surface area contributed by atoms with Crippen LogP contribution in [0.1, 0.15) is 154 Å². The number of Topliss-reactive ketones (excluding diaryl/α,β-unsaturated/α-hetero) is 1. The van der Waals surface area contributed by atoms with Crippen LogP contribution in [0.15, 0.2) is 48.6 Å². The zero-order valence-corrected chi connectivity index (χ0v) is 45.7. The largest absolute Gasteiger partial charge is 0.478 e. The number of alkyl halides is 7. The van der Waals surface area contributed by atoms with Crippen LogP contribution in [-0.2, 0) is 66.8 Å². The van der Waals surface area contributed by atoms with Crippen LogP contribution < -0.4 is 0 Å². The van der Waals surface area contributed by atoms with Crippen molar-refractivity contribution in [3.63, 3.8) is 0 Å². The number of cyclic esters (lactones) is 2. The third-order valence-electron chi connectivity index (χ3n) is 16.0. The maximum atomic E-state index is 12.2. The Morgan fingerprint density at radius 3 is 1.10 bits per heavy atom. The second kappa shape index (κ2) is 27.5. The molecular formula is C54H69BrF6O19. The fourth-order valence-electron chi connectivity index (χ4n) is 10.6. The van der Waals surface area contributed by atoms with E-state index in [1.54, 1.807) is 0 Å². The molecule has 0 aromatic carbocycles. The molecule has 1 heterocycles. The molecule has 0 radical (unpaired) electrons. The van der Waals surface area contributed by atoms with Gasteiger partial charge in [-0.25, -0.2) is 19.2 Å². The van der Waals surface area contributed by atoms with Crippen molar-refractivity contribution in [3.8, 4) is 0 Å². The van der Waals surface area contributed by atoms with Crippen molar-refractivity contribution in [2.75, 3.05) is 11.9 Å². The lowest BCUT2D eigenvalue weighted by atomic mass is 9.55. The van der Waals surface area contributed by atoms with Gasteiger partial charge >= 0.3 is 60.1 Å². The van der Waals surface area contributed by atoms with E-state index in [1.165, 1.54) is 64.2 Å². The maximum Gasteiger partial charge on any atom is 0.450 e. The van der Waals surface area contributed by atoms with Gasteiger partial charge in [-0.15, -0.1) is 0 Å². The minimum Gasteiger partial charge on any atom is -0.478 e. The van der Waals surface area contributed by atoms with Crippen LogP contribution >= 0.6 is 15.9 Å². The van der Waals surface area contributed by atoms with Gasteiger partial charge in [0.15, 0.2) is 6.61 Å². The zero-order valence-electron chi connectivity index (χ0n) is 44.1. The molecule has 8 saturated carbocycles. The summed E-state index contributed by atoms with van der Waals surface area (Å²) in [7, 11) is 0. The number of carboxylic acids is 2. The first-order chi connectivity index (χ1) is 36.9. The molecule has 26 heteroatoms. The highest BCUT2D eigenvalue weighted by Crippen LogP contribution is 2.59. The van der Waals surface area contributed by atoms with Gasteiger partial charge in [0.1, 0.15) is 18.3 Å². The normalized spacial score (nSPS) is 23.3. The quantitative estimate of drug-likeness (QED) is 0.0196. The van der Waals surface area contributed by atoms with Gasteiger partial charge in [-0.3, -0.25) is 24.0 Å². The predicted molar refractivity (Wildman–Crippen MR) is 268 cm³/mol. The van der Waals surface area contributed by atoms with Gasteiger partial charge in [-0.05, 0) is 124 Å². The molecule has 448 valence electrons. The summed E-state index contributed by atoms with van der Waals surface area (Å²) >= 11 is 2.38. The summed E-state index contributed by atoms with van der Waals surface area (Å²) < 4.78 is 93.5. The molecule has 9 rings (SSSR count). The van der Waals surface area contributed by atoms with Crippen molar-refractivity contribution in [1.82, 2.24) is 0 Å². The molecule has 8 aliphatic carbocycles. The number of rotatable bonds is 15. The molecule has 0 amide bonds. The number of carbonyl (C=O) groups is 9. The SMILES string of the molecule is C=C(CC(=O)OC1CC2(CCC2)C1)C(=O)O.C=C(CC(=O)OC1CC2(CCC2)C1)C(=O)O.C=C(CC(=O)OC1CC2(CCC2)C1)C(=O)OCC(O)(O)C(F)(F)F.C=C1CC(=O)OC1=O.O=C(CBr)C(F)(F)F.OC1CC2(CCC2)C1. The van der Waals surface area contributed by atoms with E-state index in [0.29, 0.717) is 21.7 Å². The van der Waals surface area contributed by atoms with E-state index in [4.69, 9.17) is 39.7 Å². The molecule has 0 unspecified atom stereocenters. The third-order valence-corrected chi connectivity index (χ3v) is 16.5. The van der Waals surface area contributed by atoms with Crippen molar-refractivity contribution in [1.29, 1.82) is 0 Å². The second-order valence-corrected chi connectivity index (χ2v) is 23.0. The number of halogens is 7. The van der Waals surface area contributed by atoms with E-state index >= 15 is 0 Å². The van der Waals surface area contributed by atoms with Gasteiger partial charge in [-0.2, -0.15) is 26.3 Å². The molecule has 0 aromatic heterocycles. The number of aliphatic hydroxyl groups excluding tert-OH is 1. The molecule has 80 heavy (non-hydrogen) atoms. The Morgan fingerprint density at radius 1 is 0.588 bits per heavy atom. The number of carboxylic acid groups (broad SMARTS) is 2. The van der Waals surface area contributed by atoms with Crippen molar-refractivity contribution in [2.24, 2.45) is 21.7 Å². The Hall–Kier alpha value is -5.47.